The number of rotatable bonds is 5. The first-order valence-electron chi connectivity index (χ1n) is 17.1. The van der Waals surface area contributed by atoms with Crippen molar-refractivity contribution >= 4 is 40.7 Å². The van der Waals surface area contributed by atoms with Crippen LogP contribution >= 0.6 is 0 Å². The highest BCUT2D eigenvalue weighted by atomic mass is 16.2. The van der Waals surface area contributed by atoms with Crippen LogP contribution in [0.15, 0.2) is 109 Å². The first-order chi connectivity index (χ1) is 24.9. The Bertz CT molecular complexity index is 2320. The zero-order chi connectivity index (χ0) is 36.6. The smallest absolute Gasteiger partial charge is 0.266 e. The molecule has 6 aromatic rings. The molecule has 0 unspecified atom stereocenters. The molecule has 52 heavy (non-hydrogen) atoms. The summed E-state index contributed by atoms with van der Waals surface area (Å²) in [5.74, 6) is -1.43. The fourth-order valence-electron chi connectivity index (χ4n) is 7.66. The predicted octanol–water partition coefficient (Wildman–Crippen LogP) is 9.41. The van der Waals surface area contributed by atoms with Gasteiger partial charge in [-0.15, -0.1) is 0 Å². The second-order valence-electron chi connectivity index (χ2n) is 13.8. The lowest BCUT2D eigenvalue weighted by molar-refractivity contribution is 0.0910. The van der Waals surface area contributed by atoms with Crippen LogP contribution < -0.4 is 15.5 Å². The lowest BCUT2D eigenvalue weighted by Crippen LogP contribution is -2.29. The highest BCUT2D eigenvalue weighted by molar-refractivity contribution is 6.35. The van der Waals surface area contributed by atoms with Crippen LogP contribution in [0.3, 0.4) is 0 Å². The lowest BCUT2D eigenvalue weighted by atomic mass is 9.88. The summed E-state index contributed by atoms with van der Waals surface area (Å²) in [7, 11) is 0. The third-order valence-corrected chi connectivity index (χ3v) is 10.2. The van der Waals surface area contributed by atoms with E-state index in [9.17, 15) is 19.2 Å². The molecule has 4 amide bonds. The van der Waals surface area contributed by atoms with Crippen molar-refractivity contribution in [3.8, 4) is 33.4 Å². The van der Waals surface area contributed by atoms with Crippen molar-refractivity contribution in [1.82, 2.24) is 0 Å². The summed E-state index contributed by atoms with van der Waals surface area (Å²) >= 11 is 0. The van der Waals surface area contributed by atoms with Gasteiger partial charge in [-0.25, -0.2) is 9.80 Å². The topological polar surface area (TPSA) is 101 Å². The third kappa shape index (κ3) is 5.12. The predicted molar refractivity (Wildman–Crippen MR) is 206 cm³/mol. The van der Waals surface area contributed by atoms with E-state index < -0.39 is 0 Å². The molecule has 0 saturated heterocycles. The summed E-state index contributed by atoms with van der Waals surface area (Å²) in [6.07, 6.45) is 0. The summed E-state index contributed by atoms with van der Waals surface area (Å²) in [5.41, 5.74) is 19.2. The Morgan fingerprint density at radius 1 is 0.385 bits per heavy atom. The number of nitrogens with zero attached hydrogens (tertiary/aromatic N) is 2. The Morgan fingerprint density at radius 2 is 0.712 bits per heavy atom. The van der Waals surface area contributed by atoms with Crippen molar-refractivity contribution < 1.29 is 19.2 Å². The van der Waals surface area contributed by atoms with Crippen molar-refractivity contribution in [2.45, 2.75) is 34.6 Å². The number of hydrogen-bond acceptors (Lipinski definition) is 5. The number of hydrogen-bond donors (Lipinski definition) is 1. The maximum atomic E-state index is 13.8. The Hall–Kier alpha value is -6.60. The number of amides is 4. The van der Waals surface area contributed by atoms with Gasteiger partial charge in [-0.05, 0) is 151 Å². The fraction of sp³-hybridized carbons (Fsp3) is 0.111. The fourth-order valence-corrected chi connectivity index (χ4v) is 7.66. The van der Waals surface area contributed by atoms with E-state index in [-0.39, 0.29) is 23.6 Å². The number of nitrogen functional groups attached to an aromatic ring is 1. The monoisotopic (exact) mass is 681 g/mol. The van der Waals surface area contributed by atoms with Gasteiger partial charge in [0, 0.05) is 5.69 Å². The van der Waals surface area contributed by atoms with Crippen molar-refractivity contribution in [2.24, 2.45) is 0 Å². The van der Waals surface area contributed by atoms with Crippen LogP contribution in [0.5, 0.6) is 0 Å². The average molecular weight is 682 g/mol. The molecule has 2 heterocycles. The Morgan fingerprint density at radius 3 is 1.10 bits per heavy atom. The summed E-state index contributed by atoms with van der Waals surface area (Å²) in [6, 6.07) is 33.7. The molecule has 8 rings (SSSR count). The van der Waals surface area contributed by atoms with Crippen LogP contribution in [0.2, 0.25) is 0 Å². The average Bonchev–Trinajstić information content (AvgIpc) is 3.52. The Labute approximate surface area is 301 Å². The van der Waals surface area contributed by atoms with Gasteiger partial charge in [-0.3, -0.25) is 19.2 Å². The Balaban J connectivity index is 1.10. The second-order valence-corrected chi connectivity index (χ2v) is 13.8. The third-order valence-electron chi connectivity index (χ3n) is 10.2. The molecular weight excluding hydrogens is 647 g/mol. The minimum absolute atomic E-state index is 0.347. The van der Waals surface area contributed by atoms with Crippen LogP contribution in [0, 0.1) is 34.6 Å². The van der Waals surface area contributed by atoms with Crippen LogP contribution in [0.4, 0.5) is 17.1 Å². The van der Waals surface area contributed by atoms with E-state index in [1.54, 1.807) is 36.4 Å². The van der Waals surface area contributed by atoms with Crippen LogP contribution in [0.1, 0.15) is 69.2 Å². The van der Waals surface area contributed by atoms with Gasteiger partial charge in [0.2, 0.25) is 0 Å². The van der Waals surface area contributed by atoms with E-state index in [2.05, 4.69) is 0 Å². The van der Waals surface area contributed by atoms with Gasteiger partial charge in [0.05, 0.1) is 33.6 Å². The number of carbonyl (C=O) groups excluding carboxylic acids is 4. The van der Waals surface area contributed by atoms with E-state index in [0.717, 1.165) is 61.2 Å². The van der Waals surface area contributed by atoms with E-state index in [1.165, 1.54) is 9.80 Å². The van der Waals surface area contributed by atoms with Gasteiger partial charge in [0.15, 0.2) is 0 Å². The number of aryl methyl sites for hydroxylation is 5. The molecular formula is C45H35N3O4. The van der Waals surface area contributed by atoms with Crippen LogP contribution in [-0.4, -0.2) is 23.6 Å². The molecule has 2 aliphatic heterocycles. The molecule has 7 nitrogen and oxygen atoms in total. The summed E-state index contributed by atoms with van der Waals surface area (Å²) in [5, 5.41) is 0. The van der Waals surface area contributed by atoms with E-state index >= 15 is 0 Å². The maximum absolute atomic E-state index is 13.8. The standard InChI is InChI=1S/C45H35N3O4/c1-24-6-8-29(9-7-24)31-12-16-36-38(22-31)44(51)47(42(36)49)34-18-25(2)40(26(3)19-34)41-27(4)20-35(21-28(41)5)48-43(50)37-17-13-32(23-39(37)45(48)52)30-10-14-33(46)15-11-30/h6-23H,46H2,1-5H3. The SMILES string of the molecule is Cc1ccc(-c2ccc3c(c2)C(=O)N(c2cc(C)c(-c4c(C)cc(N5C(=O)c6ccc(-c7ccc(N)cc7)cc6C5=O)cc4C)c(C)c2)C3=O)cc1. The molecule has 0 spiro atoms. The summed E-state index contributed by atoms with van der Waals surface area (Å²) < 4.78 is 0. The zero-order valence-corrected chi connectivity index (χ0v) is 29.5. The molecule has 7 heteroatoms. The van der Waals surface area contributed by atoms with Gasteiger partial charge < -0.3 is 5.73 Å². The zero-order valence-electron chi connectivity index (χ0n) is 29.5. The summed E-state index contributed by atoms with van der Waals surface area (Å²) in [4.78, 5) is 57.3. The van der Waals surface area contributed by atoms with Gasteiger partial charge in [-0.1, -0.05) is 54.1 Å². The molecule has 0 aromatic heterocycles. The normalized spacial score (nSPS) is 13.6. The molecule has 254 valence electrons. The number of benzene rings is 6. The summed E-state index contributed by atoms with van der Waals surface area (Å²) in [6.45, 7) is 9.89. The maximum Gasteiger partial charge on any atom is 0.266 e. The van der Waals surface area contributed by atoms with Crippen molar-refractivity contribution in [3.63, 3.8) is 0 Å². The van der Waals surface area contributed by atoms with Crippen LogP contribution in [-0.2, 0) is 0 Å². The highest BCUT2D eigenvalue weighted by Gasteiger charge is 2.39. The van der Waals surface area contributed by atoms with Gasteiger partial charge in [-0.2, -0.15) is 0 Å². The van der Waals surface area contributed by atoms with Crippen LogP contribution in [0.25, 0.3) is 33.4 Å². The molecule has 6 aromatic carbocycles. The molecule has 0 fully saturated rings. The number of fused-ring (bicyclic) bond motifs is 2. The van der Waals surface area contributed by atoms with E-state index in [1.807, 2.05) is 107 Å². The molecule has 0 aliphatic carbocycles. The van der Waals surface area contributed by atoms with Crippen molar-refractivity contribution in [1.29, 1.82) is 0 Å². The van der Waals surface area contributed by atoms with Gasteiger partial charge in [0.1, 0.15) is 0 Å². The largest absolute Gasteiger partial charge is 0.399 e. The number of imide groups is 2. The van der Waals surface area contributed by atoms with Gasteiger partial charge in [0.25, 0.3) is 23.6 Å². The second kappa shape index (κ2) is 12.0. The minimum atomic E-state index is -0.368. The number of carbonyl (C=O) groups is 4. The Kier molecular flexibility index (Phi) is 7.54. The molecule has 0 atom stereocenters. The molecule has 2 N–H and O–H groups in total. The number of anilines is 3. The molecule has 0 radical (unpaired) electrons. The quantitative estimate of drug-likeness (QED) is 0.144. The number of nitrogens with two attached hydrogens (primary N) is 1. The molecule has 0 saturated carbocycles. The van der Waals surface area contributed by atoms with Gasteiger partial charge >= 0.3 is 0 Å². The minimum Gasteiger partial charge on any atom is -0.399 e. The van der Waals surface area contributed by atoms with E-state index in [4.69, 9.17) is 5.73 Å². The van der Waals surface area contributed by atoms with E-state index in [0.29, 0.717) is 39.3 Å². The lowest BCUT2D eigenvalue weighted by Gasteiger charge is -2.22. The van der Waals surface area contributed by atoms with Crippen molar-refractivity contribution in [3.05, 3.63) is 159 Å². The highest BCUT2D eigenvalue weighted by Crippen LogP contribution is 2.41. The van der Waals surface area contributed by atoms with Crippen molar-refractivity contribution in [2.75, 3.05) is 15.5 Å². The molecule has 2 aliphatic rings. The first kappa shape index (κ1) is 32.6. The first-order valence-corrected chi connectivity index (χ1v) is 17.1. The molecule has 0 bridgehead atoms.